The van der Waals surface area contributed by atoms with Gasteiger partial charge in [0.1, 0.15) is 30.5 Å². The Hall–Kier alpha value is -3.38. The number of rotatable bonds is 6. The lowest BCUT2D eigenvalue weighted by Gasteiger charge is -2.29. The first kappa shape index (κ1) is 46.3. The van der Waals surface area contributed by atoms with Crippen LogP contribution in [0.1, 0.15) is 126 Å². The van der Waals surface area contributed by atoms with Gasteiger partial charge in [0, 0.05) is 0 Å². The van der Waals surface area contributed by atoms with Crippen molar-refractivity contribution in [2.24, 2.45) is 0 Å². The number of hydrogen-bond donors (Lipinski definition) is 1. The van der Waals surface area contributed by atoms with Gasteiger partial charge in [0.05, 0.1) is 31.0 Å². The van der Waals surface area contributed by atoms with Gasteiger partial charge in [-0.3, -0.25) is 0 Å². The zero-order valence-electron chi connectivity index (χ0n) is 34.3. The maximum atomic E-state index is 12.2. The van der Waals surface area contributed by atoms with E-state index in [1.54, 1.807) is 34.6 Å². The summed E-state index contributed by atoms with van der Waals surface area (Å²) >= 11 is 0. The second-order valence-electron chi connectivity index (χ2n) is 15.4. The van der Waals surface area contributed by atoms with Crippen molar-refractivity contribution in [3.63, 3.8) is 0 Å². The zero-order valence-corrected chi connectivity index (χ0v) is 34.3. The van der Waals surface area contributed by atoms with Gasteiger partial charge in [0.25, 0.3) is 0 Å². The van der Waals surface area contributed by atoms with Crippen LogP contribution in [0.2, 0.25) is 0 Å². The minimum Gasteiger partial charge on any atom is -0.464 e. The second-order valence-corrected chi connectivity index (χ2v) is 15.4. The number of ether oxygens (including phenoxy) is 10. The fourth-order valence-electron chi connectivity index (χ4n) is 7.56. The summed E-state index contributed by atoms with van der Waals surface area (Å²) in [4.78, 5) is 70.3. The van der Waals surface area contributed by atoms with E-state index in [1.165, 1.54) is 13.8 Å². The van der Waals surface area contributed by atoms with E-state index in [4.69, 9.17) is 52.5 Å². The third-order valence-electron chi connectivity index (χ3n) is 10.7. The van der Waals surface area contributed by atoms with Gasteiger partial charge in [0.2, 0.25) is 0 Å². The Morgan fingerprint density at radius 3 is 1.35 bits per heavy atom. The molecule has 6 fully saturated rings. The number of carbonyl (C=O) groups excluding carboxylic acids is 6. The molecule has 0 aromatic carbocycles. The molecule has 6 aliphatic rings. The lowest BCUT2D eigenvalue weighted by atomic mass is 10.2. The molecule has 2 aliphatic heterocycles. The van der Waals surface area contributed by atoms with Crippen LogP contribution < -0.4 is 0 Å². The maximum Gasteiger partial charge on any atom is 0.347 e. The minimum absolute atomic E-state index is 0.170. The van der Waals surface area contributed by atoms with Crippen molar-refractivity contribution in [3.8, 4) is 0 Å². The van der Waals surface area contributed by atoms with Crippen LogP contribution in [0.4, 0.5) is 0 Å². The van der Waals surface area contributed by atoms with Gasteiger partial charge in [0.15, 0.2) is 30.5 Å². The Morgan fingerprint density at radius 2 is 0.930 bits per heavy atom. The Morgan fingerprint density at radius 1 is 0.561 bits per heavy atom. The Labute approximate surface area is 334 Å². The molecule has 2 saturated heterocycles. The van der Waals surface area contributed by atoms with E-state index < -0.39 is 66.6 Å². The van der Waals surface area contributed by atoms with Gasteiger partial charge in [-0.1, -0.05) is 0 Å². The lowest BCUT2D eigenvalue weighted by molar-refractivity contribution is -0.192. The SMILES string of the molecule is CC1OC(=O)C(C)OC2CCCC2OC1=O.CC1OC2CCCC2OC(=O)C(C)OC2CCCC2OC1=O.CCOC(=O)C(C)OC1CCCC1OC(=O)C(C)O. The summed E-state index contributed by atoms with van der Waals surface area (Å²) in [6.45, 7) is 11.5. The minimum atomic E-state index is -1.15. The molecule has 0 spiro atoms. The molecule has 0 radical (unpaired) electrons. The first-order valence-electron chi connectivity index (χ1n) is 20.6. The summed E-state index contributed by atoms with van der Waals surface area (Å²) in [6.07, 6.45) is 2.96. The predicted molar refractivity (Wildman–Crippen MR) is 196 cm³/mol. The average molecular weight is 815 g/mol. The second kappa shape index (κ2) is 22.1. The number of cyclic esters (lactones) is 1. The molecule has 0 aromatic heterocycles. The normalized spacial score (nSPS) is 36.6. The van der Waals surface area contributed by atoms with Crippen LogP contribution in [0.3, 0.4) is 0 Å². The molecule has 324 valence electrons. The van der Waals surface area contributed by atoms with Crippen LogP contribution in [-0.2, 0) is 76.1 Å². The monoisotopic (exact) mass is 814 g/mol. The van der Waals surface area contributed by atoms with Crippen LogP contribution in [-0.4, -0.2) is 133 Å². The summed E-state index contributed by atoms with van der Waals surface area (Å²) in [6, 6.07) is 0. The largest absolute Gasteiger partial charge is 0.464 e. The van der Waals surface area contributed by atoms with Gasteiger partial charge in [-0.15, -0.1) is 0 Å². The van der Waals surface area contributed by atoms with E-state index >= 15 is 0 Å². The van der Waals surface area contributed by atoms with Crippen molar-refractivity contribution in [1.29, 1.82) is 0 Å². The summed E-state index contributed by atoms with van der Waals surface area (Å²) in [5.74, 6) is -2.78. The fraction of sp³-hybridized carbons (Fsp3) is 0.850. The maximum absolute atomic E-state index is 12.2. The summed E-state index contributed by atoms with van der Waals surface area (Å²) in [7, 11) is 0. The molecular formula is C40H62O17. The van der Waals surface area contributed by atoms with Gasteiger partial charge >= 0.3 is 35.8 Å². The van der Waals surface area contributed by atoms with Crippen LogP contribution >= 0.6 is 0 Å². The van der Waals surface area contributed by atoms with Gasteiger partial charge in [-0.05, 0) is 126 Å². The number of hydrogen-bond acceptors (Lipinski definition) is 17. The molecule has 17 nitrogen and oxygen atoms in total. The number of aliphatic hydroxyl groups excluding tert-OH is 1. The van der Waals surface area contributed by atoms with Crippen molar-refractivity contribution in [2.45, 2.75) is 211 Å². The van der Waals surface area contributed by atoms with E-state index in [0.717, 1.165) is 70.6 Å². The molecular weight excluding hydrogens is 752 g/mol. The summed E-state index contributed by atoms with van der Waals surface area (Å²) in [5.41, 5.74) is 0. The smallest absolute Gasteiger partial charge is 0.347 e. The summed E-state index contributed by atoms with van der Waals surface area (Å²) in [5, 5.41) is 9.12. The van der Waals surface area contributed by atoms with Crippen LogP contribution in [0.25, 0.3) is 0 Å². The van der Waals surface area contributed by atoms with E-state index in [2.05, 4.69) is 0 Å². The average Bonchev–Trinajstić information content (AvgIpc) is 3.99. The van der Waals surface area contributed by atoms with Crippen molar-refractivity contribution < 1.29 is 81.2 Å². The molecule has 4 saturated carbocycles. The topological polar surface area (TPSA) is 215 Å². The van der Waals surface area contributed by atoms with Crippen LogP contribution in [0, 0.1) is 0 Å². The molecule has 57 heavy (non-hydrogen) atoms. The molecule has 17 heteroatoms. The fourth-order valence-corrected chi connectivity index (χ4v) is 7.56. The number of aliphatic hydroxyl groups is 1. The number of carbonyl (C=O) groups is 6. The first-order valence-corrected chi connectivity index (χ1v) is 20.6. The zero-order chi connectivity index (χ0) is 41.8. The highest BCUT2D eigenvalue weighted by Crippen LogP contribution is 2.32. The summed E-state index contributed by atoms with van der Waals surface area (Å²) < 4.78 is 54.0. The van der Waals surface area contributed by atoms with Gasteiger partial charge in [-0.25, -0.2) is 28.8 Å². The first-order chi connectivity index (χ1) is 27.1. The van der Waals surface area contributed by atoms with Gasteiger partial charge < -0.3 is 52.5 Å². The predicted octanol–water partition coefficient (Wildman–Crippen LogP) is 3.34. The standard InChI is InChI=1S/C16H24O6.C13H22O6.C11H16O5/c1-9-15(17)21-14-8-4-6-12(14)20-10(2)16(18)22-13-7-3-5-11(13)19-9;1-4-17-13(16)9(3)18-10-6-5-7-11(10)19-12(15)8(2)14;1-6-10(12)15-7(2)11(13)16-9-5-3-4-8(9)14-6/h9-14H,3-8H2,1-2H3;8-11,14H,4-7H2,1-3H3;6-9H,3-5H2,1-2H3. The third kappa shape index (κ3) is 13.6. The van der Waals surface area contributed by atoms with Crippen LogP contribution in [0.15, 0.2) is 0 Å². The molecule has 14 unspecified atom stereocenters. The Balaban J connectivity index is 0.000000192. The molecule has 0 amide bonds. The number of esters is 6. The van der Waals surface area contributed by atoms with E-state index in [9.17, 15) is 28.8 Å². The highest BCUT2D eigenvalue weighted by atomic mass is 16.6. The Kier molecular flexibility index (Phi) is 18.0. The molecule has 1 N–H and O–H groups in total. The molecule has 14 atom stereocenters. The van der Waals surface area contributed by atoms with E-state index in [0.29, 0.717) is 13.0 Å². The highest BCUT2D eigenvalue weighted by Gasteiger charge is 2.41. The Bertz CT molecular complexity index is 1330. The van der Waals surface area contributed by atoms with Crippen molar-refractivity contribution in [2.75, 3.05) is 6.61 Å². The molecule has 0 aromatic rings. The number of fused-ring (bicyclic) bond motifs is 3. The van der Waals surface area contributed by atoms with Crippen LogP contribution in [0.5, 0.6) is 0 Å². The molecule has 0 bridgehead atoms. The van der Waals surface area contributed by atoms with Gasteiger partial charge in [-0.2, -0.15) is 0 Å². The van der Waals surface area contributed by atoms with E-state index in [-0.39, 0.29) is 54.7 Å². The highest BCUT2D eigenvalue weighted by molar-refractivity contribution is 5.81. The van der Waals surface area contributed by atoms with Crippen molar-refractivity contribution in [3.05, 3.63) is 0 Å². The quantitative estimate of drug-likeness (QED) is 0.301. The molecule has 4 aliphatic carbocycles. The van der Waals surface area contributed by atoms with Crippen molar-refractivity contribution >= 4 is 35.8 Å². The molecule has 2 heterocycles. The third-order valence-corrected chi connectivity index (χ3v) is 10.7. The van der Waals surface area contributed by atoms with E-state index in [1.807, 2.05) is 0 Å². The lowest BCUT2D eigenvalue weighted by Crippen LogP contribution is -2.42. The van der Waals surface area contributed by atoms with Crippen molar-refractivity contribution in [1.82, 2.24) is 0 Å². The molecule has 6 rings (SSSR count).